The standard InChI is InChI=1S/C16H19NO2/c1-3-16(18)17-9-8-12-4-5-13-6-7-15(19-2)11-14(13)10-12/h4-7,10-11H,3,8-9H2,1-2H3,(H,17,18). The highest BCUT2D eigenvalue weighted by molar-refractivity contribution is 5.84. The van der Waals surface area contributed by atoms with Crippen LogP contribution in [0.25, 0.3) is 10.8 Å². The molecule has 0 aliphatic carbocycles. The molecular formula is C16H19NO2. The van der Waals surface area contributed by atoms with Crippen molar-refractivity contribution in [1.29, 1.82) is 0 Å². The average Bonchev–Trinajstić information content (AvgIpc) is 2.46. The van der Waals surface area contributed by atoms with Gasteiger partial charge in [-0.3, -0.25) is 4.79 Å². The molecule has 3 heteroatoms. The van der Waals surface area contributed by atoms with E-state index in [-0.39, 0.29) is 5.91 Å². The minimum Gasteiger partial charge on any atom is -0.497 e. The average molecular weight is 257 g/mol. The third kappa shape index (κ3) is 3.47. The second-order valence-electron chi connectivity index (χ2n) is 4.50. The summed E-state index contributed by atoms with van der Waals surface area (Å²) in [7, 11) is 1.67. The van der Waals surface area contributed by atoms with E-state index < -0.39 is 0 Å². The van der Waals surface area contributed by atoms with Crippen molar-refractivity contribution in [3.63, 3.8) is 0 Å². The molecule has 2 aromatic rings. The molecule has 0 bridgehead atoms. The lowest BCUT2D eigenvalue weighted by Crippen LogP contribution is -2.24. The maximum absolute atomic E-state index is 11.2. The number of methoxy groups -OCH3 is 1. The predicted molar refractivity (Wildman–Crippen MR) is 77.5 cm³/mol. The van der Waals surface area contributed by atoms with Gasteiger partial charge in [-0.15, -0.1) is 0 Å². The van der Waals surface area contributed by atoms with Gasteiger partial charge in [-0.2, -0.15) is 0 Å². The summed E-state index contributed by atoms with van der Waals surface area (Å²) < 4.78 is 5.23. The second-order valence-corrected chi connectivity index (χ2v) is 4.50. The Morgan fingerprint density at radius 3 is 2.68 bits per heavy atom. The fraction of sp³-hybridized carbons (Fsp3) is 0.312. The highest BCUT2D eigenvalue weighted by Gasteiger charge is 2.00. The van der Waals surface area contributed by atoms with Crippen molar-refractivity contribution in [2.75, 3.05) is 13.7 Å². The molecule has 0 radical (unpaired) electrons. The topological polar surface area (TPSA) is 38.3 Å². The van der Waals surface area contributed by atoms with Crippen LogP contribution in [0.5, 0.6) is 5.75 Å². The number of benzene rings is 2. The molecule has 0 unspecified atom stereocenters. The normalized spacial score (nSPS) is 10.4. The predicted octanol–water partition coefficient (Wildman–Crippen LogP) is 2.92. The number of hydrogen-bond donors (Lipinski definition) is 1. The third-order valence-corrected chi connectivity index (χ3v) is 3.17. The molecule has 19 heavy (non-hydrogen) atoms. The van der Waals surface area contributed by atoms with Crippen molar-refractivity contribution >= 4 is 16.7 Å². The van der Waals surface area contributed by atoms with E-state index >= 15 is 0 Å². The maximum Gasteiger partial charge on any atom is 0.219 e. The van der Waals surface area contributed by atoms with Gasteiger partial charge in [-0.05, 0) is 34.9 Å². The first-order valence-electron chi connectivity index (χ1n) is 6.56. The van der Waals surface area contributed by atoms with Gasteiger partial charge in [0.1, 0.15) is 5.75 Å². The molecule has 100 valence electrons. The SMILES string of the molecule is CCC(=O)NCCc1ccc2ccc(OC)cc2c1. The van der Waals surface area contributed by atoms with Gasteiger partial charge in [0.15, 0.2) is 0 Å². The minimum atomic E-state index is 0.0995. The van der Waals surface area contributed by atoms with Crippen LogP contribution >= 0.6 is 0 Å². The molecule has 0 aliphatic heterocycles. The number of rotatable bonds is 5. The molecule has 0 heterocycles. The Morgan fingerprint density at radius 2 is 1.95 bits per heavy atom. The van der Waals surface area contributed by atoms with Crippen LogP contribution in [-0.4, -0.2) is 19.6 Å². The van der Waals surface area contributed by atoms with Gasteiger partial charge in [0.25, 0.3) is 0 Å². The summed E-state index contributed by atoms with van der Waals surface area (Å²) in [5.74, 6) is 0.964. The van der Waals surface area contributed by atoms with Crippen molar-refractivity contribution in [1.82, 2.24) is 5.32 Å². The molecule has 0 saturated heterocycles. The Bertz CT molecular complexity index is 578. The third-order valence-electron chi connectivity index (χ3n) is 3.17. The zero-order valence-electron chi connectivity index (χ0n) is 11.4. The zero-order chi connectivity index (χ0) is 13.7. The molecule has 0 saturated carbocycles. The molecule has 2 aromatic carbocycles. The second kappa shape index (κ2) is 6.23. The van der Waals surface area contributed by atoms with E-state index in [1.54, 1.807) is 7.11 Å². The van der Waals surface area contributed by atoms with Gasteiger partial charge in [0.2, 0.25) is 5.91 Å². The van der Waals surface area contributed by atoms with E-state index in [2.05, 4.69) is 29.6 Å². The summed E-state index contributed by atoms with van der Waals surface area (Å²) in [5, 5.41) is 5.25. The Hall–Kier alpha value is -2.03. The van der Waals surface area contributed by atoms with Crippen molar-refractivity contribution in [2.45, 2.75) is 19.8 Å². The number of hydrogen-bond acceptors (Lipinski definition) is 2. The molecule has 1 N–H and O–H groups in total. The fourth-order valence-electron chi connectivity index (χ4n) is 2.03. The lowest BCUT2D eigenvalue weighted by atomic mass is 10.0. The maximum atomic E-state index is 11.2. The van der Waals surface area contributed by atoms with Crippen LogP contribution in [-0.2, 0) is 11.2 Å². The summed E-state index contributed by atoms with van der Waals surface area (Å²) in [6, 6.07) is 12.4. The summed E-state index contributed by atoms with van der Waals surface area (Å²) in [6.45, 7) is 2.54. The fourth-order valence-corrected chi connectivity index (χ4v) is 2.03. The number of carbonyl (C=O) groups is 1. The summed E-state index contributed by atoms with van der Waals surface area (Å²) in [5.41, 5.74) is 1.22. The Morgan fingerprint density at radius 1 is 1.16 bits per heavy atom. The van der Waals surface area contributed by atoms with Crippen LogP contribution in [0.1, 0.15) is 18.9 Å². The molecule has 3 nitrogen and oxygen atoms in total. The molecule has 0 aromatic heterocycles. The minimum absolute atomic E-state index is 0.0995. The lowest BCUT2D eigenvalue weighted by molar-refractivity contribution is -0.120. The molecular weight excluding hydrogens is 238 g/mol. The van der Waals surface area contributed by atoms with Crippen LogP contribution in [0.3, 0.4) is 0 Å². The summed E-state index contributed by atoms with van der Waals surface area (Å²) in [4.78, 5) is 11.2. The highest BCUT2D eigenvalue weighted by atomic mass is 16.5. The summed E-state index contributed by atoms with van der Waals surface area (Å²) in [6.07, 6.45) is 1.38. The van der Waals surface area contributed by atoms with Gasteiger partial charge in [0, 0.05) is 13.0 Å². The van der Waals surface area contributed by atoms with Gasteiger partial charge >= 0.3 is 0 Å². The number of nitrogens with one attached hydrogen (secondary N) is 1. The van der Waals surface area contributed by atoms with Crippen LogP contribution in [0.4, 0.5) is 0 Å². The zero-order valence-corrected chi connectivity index (χ0v) is 11.4. The van der Waals surface area contributed by atoms with E-state index in [9.17, 15) is 4.79 Å². The van der Waals surface area contributed by atoms with Crippen molar-refractivity contribution < 1.29 is 9.53 Å². The smallest absolute Gasteiger partial charge is 0.219 e. The van der Waals surface area contributed by atoms with Gasteiger partial charge in [-0.1, -0.05) is 31.2 Å². The van der Waals surface area contributed by atoms with E-state index in [0.717, 1.165) is 12.2 Å². The van der Waals surface area contributed by atoms with Gasteiger partial charge in [-0.25, -0.2) is 0 Å². The van der Waals surface area contributed by atoms with Gasteiger partial charge in [0.05, 0.1) is 7.11 Å². The van der Waals surface area contributed by atoms with E-state index in [4.69, 9.17) is 4.74 Å². The van der Waals surface area contributed by atoms with Crippen LogP contribution < -0.4 is 10.1 Å². The van der Waals surface area contributed by atoms with Crippen LogP contribution in [0, 0.1) is 0 Å². The Balaban J connectivity index is 2.09. The van der Waals surface area contributed by atoms with E-state index in [1.165, 1.54) is 16.3 Å². The molecule has 2 rings (SSSR count). The largest absolute Gasteiger partial charge is 0.497 e. The quantitative estimate of drug-likeness (QED) is 0.894. The highest BCUT2D eigenvalue weighted by Crippen LogP contribution is 2.21. The van der Waals surface area contributed by atoms with Crippen molar-refractivity contribution in [3.05, 3.63) is 42.0 Å². The molecule has 0 fully saturated rings. The number of amides is 1. The first-order valence-corrected chi connectivity index (χ1v) is 6.56. The van der Waals surface area contributed by atoms with Gasteiger partial charge < -0.3 is 10.1 Å². The first-order chi connectivity index (χ1) is 9.22. The van der Waals surface area contributed by atoms with E-state index in [0.29, 0.717) is 13.0 Å². The lowest BCUT2D eigenvalue weighted by Gasteiger charge is -2.07. The van der Waals surface area contributed by atoms with Crippen molar-refractivity contribution in [3.8, 4) is 5.75 Å². The molecule has 0 aliphatic rings. The molecule has 0 atom stereocenters. The molecule has 1 amide bonds. The first kappa shape index (κ1) is 13.4. The number of carbonyl (C=O) groups excluding carboxylic acids is 1. The van der Waals surface area contributed by atoms with Crippen LogP contribution in [0.15, 0.2) is 36.4 Å². The Labute approximate surface area is 113 Å². The molecule has 0 spiro atoms. The van der Waals surface area contributed by atoms with E-state index in [1.807, 2.05) is 19.1 Å². The van der Waals surface area contributed by atoms with Crippen molar-refractivity contribution in [2.24, 2.45) is 0 Å². The summed E-state index contributed by atoms with van der Waals surface area (Å²) >= 11 is 0. The number of ether oxygens (including phenoxy) is 1. The van der Waals surface area contributed by atoms with Crippen LogP contribution in [0.2, 0.25) is 0 Å². The monoisotopic (exact) mass is 257 g/mol. The Kier molecular flexibility index (Phi) is 4.39. The number of fused-ring (bicyclic) bond motifs is 1.